The minimum absolute atomic E-state index is 0.00181. The molecule has 0 unspecified atom stereocenters. The topological polar surface area (TPSA) is 47.5 Å². The van der Waals surface area contributed by atoms with Crippen LogP contribution in [0.25, 0.3) is 17.4 Å². The Morgan fingerprint density at radius 3 is 3.05 bits per heavy atom. The van der Waals surface area contributed by atoms with Crippen molar-refractivity contribution in [1.82, 2.24) is 4.57 Å². The molecule has 1 aliphatic heterocycles. The van der Waals surface area contributed by atoms with E-state index in [1.807, 2.05) is 36.4 Å². The number of hydrogen-bond acceptors (Lipinski definition) is 4. The maximum Gasteiger partial charge on any atom is 0.270 e. The summed E-state index contributed by atoms with van der Waals surface area (Å²) < 4.78 is 8.15. The molecule has 22 heavy (non-hydrogen) atoms. The van der Waals surface area contributed by atoms with Crippen LogP contribution in [0, 0.1) is 0 Å². The Kier molecular flexibility index (Phi) is 3.24. The van der Waals surface area contributed by atoms with E-state index in [2.05, 4.69) is 4.99 Å². The van der Waals surface area contributed by atoms with Gasteiger partial charge in [-0.1, -0.05) is 35.1 Å². The molecule has 3 heterocycles. The zero-order valence-corrected chi connectivity index (χ0v) is 13.0. The van der Waals surface area contributed by atoms with Crippen molar-refractivity contribution in [2.24, 2.45) is 4.99 Å². The number of furan rings is 1. The van der Waals surface area contributed by atoms with Crippen molar-refractivity contribution in [2.45, 2.75) is 6.54 Å². The molecule has 0 atom stereocenters. The van der Waals surface area contributed by atoms with Gasteiger partial charge in [-0.15, -0.1) is 0 Å². The molecule has 0 aliphatic carbocycles. The Morgan fingerprint density at radius 1 is 1.32 bits per heavy atom. The Hall–Kier alpha value is -2.11. The summed E-state index contributed by atoms with van der Waals surface area (Å²) in [5.74, 6) is 1.37. The molecule has 0 fully saturated rings. The van der Waals surface area contributed by atoms with E-state index in [0.717, 1.165) is 16.1 Å². The van der Waals surface area contributed by atoms with Crippen molar-refractivity contribution in [3.63, 3.8) is 0 Å². The standard InChI is InChI=1S/C16H11ClN2O2S/c17-11-3-1-2-10(8-11)13-5-4-12(21-13)9-14-15(20)19-7-6-18-16(19)22-14/h1-5,8-9H,6-7H2/b14-9+. The SMILES string of the molecule is O=c1/c(=C\c2ccc(-c3cccc(Cl)c3)o2)sc2n1CCN=2. The van der Waals surface area contributed by atoms with Crippen LogP contribution in [-0.2, 0) is 6.54 Å². The van der Waals surface area contributed by atoms with Gasteiger partial charge in [0.15, 0.2) is 4.80 Å². The van der Waals surface area contributed by atoms with Gasteiger partial charge in [0.2, 0.25) is 0 Å². The van der Waals surface area contributed by atoms with Gasteiger partial charge in [-0.2, -0.15) is 0 Å². The molecule has 0 N–H and O–H groups in total. The molecule has 4 nitrogen and oxygen atoms in total. The Balaban J connectivity index is 1.77. The van der Waals surface area contributed by atoms with Gasteiger partial charge in [0.1, 0.15) is 11.5 Å². The number of aromatic nitrogens is 1. The average Bonchev–Trinajstić information content (AvgIpc) is 3.20. The average molecular weight is 331 g/mol. The summed E-state index contributed by atoms with van der Waals surface area (Å²) in [7, 11) is 0. The Morgan fingerprint density at radius 2 is 2.23 bits per heavy atom. The molecule has 0 bridgehead atoms. The molecule has 0 radical (unpaired) electrons. The number of nitrogens with zero attached hydrogens (tertiary/aromatic N) is 2. The van der Waals surface area contributed by atoms with E-state index < -0.39 is 0 Å². The van der Waals surface area contributed by atoms with Crippen LogP contribution in [0.5, 0.6) is 0 Å². The fraction of sp³-hybridized carbons (Fsp3) is 0.125. The van der Waals surface area contributed by atoms with Crippen molar-refractivity contribution in [1.29, 1.82) is 0 Å². The van der Waals surface area contributed by atoms with Gasteiger partial charge in [0.05, 0.1) is 11.1 Å². The lowest BCUT2D eigenvalue weighted by Crippen LogP contribution is -2.29. The molecule has 0 amide bonds. The van der Waals surface area contributed by atoms with Crippen LogP contribution in [0.4, 0.5) is 0 Å². The highest BCUT2D eigenvalue weighted by molar-refractivity contribution is 7.07. The van der Waals surface area contributed by atoms with Gasteiger partial charge in [0, 0.05) is 23.2 Å². The number of thiazole rings is 1. The monoisotopic (exact) mass is 330 g/mol. The molecule has 1 aliphatic rings. The van der Waals surface area contributed by atoms with Gasteiger partial charge < -0.3 is 4.42 Å². The van der Waals surface area contributed by atoms with E-state index in [4.69, 9.17) is 16.0 Å². The molecular weight excluding hydrogens is 320 g/mol. The summed E-state index contributed by atoms with van der Waals surface area (Å²) in [6, 6.07) is 11.2. The molecule has 0 spiro atoms. The first-order chi connectivity index (χ1) is 10.7. The summed E-state index contributed by atoms with van der Waals surface area (Å²) in [5, 5.41) is 0.661. The highest BCUT2D eigenvalue weighted by Crippen LogP contribution is 2.24. The van der Waals surface area contributed by atoms with Gasteiger partial charge in [0.25, 0.3) is 5.56 Å². The van der Waals surface area contributed by atoms with Gasteiger partial charge in [-0.25, -0.2) is 0 Å². The Labute approximate surface area is 134 Å². The predicted molar refractivity (Wildman–Crippen MR) is 86.9 cm³/mol. The van der Waals surface area contributed by atoms with E-state index in [0.29, 0.717) is 28.4 Å². The highest BCUT2D eigenvalue weighted by atomic mass is 35.5. The second kappa shape index (κ2) is 5.26. The fourth-order valence-electron chi connectivity index (χ4n) is 2.43. The number of hydrogen-bond donors (Lipinski definition) is 0. The van der Waals surface area contributed by atoms with E-state index in [1.165, 1.54) is 11.3 Å². The van der Waals surface area contributed by atoms with Crippen LogP contribution < -0.4 is 14.9 Å². The zero-order chi connectivity index (χ0) is 15.1. The molecule has 0 saturated carbocycles. The van der Waals surface area contributed by atoms with Gasteiger partial charge >= 0.3 is 0 Å². The molecule has 3 aromatic rings. The third-order valence-corrected chi connectivity index (χ3v) is 4.75. The van der Waals surface area contributed by atoms with E-state index >= 15 is 0 Å². The number of halogens is 1. The van der Waals surface area contributed by atoms with Gasteiger partial charge in [-0.05, 0) is 24.3 Å². The second-order valence-electron chi connectivity index (χ2n) is 4.94. The second-order valence-corrected chi connectivity index (χ2v) is 6.39. The first-order valence-corrected chi connectivity index (χ1v) is 8.02. The van der Waals surface area contributed by atoms with Crippen molar-refractivity contribution in [3.05, 3.63) is 66.9 Å². The first kappa shape index (κ1) is 13.5. The number of fused-ring (bicyclic) bond motifs is 1. The van der Waals surface area contributed by atoms with Crippen molar-refractivity contribution < 1.29 is 4.42 Å². The number of benzene rings is 1. The zero-order valence-electron chi connectivity index (χ0n) is 11.5. The van der Waals surface area contributed by atoms with Crippen LogP contribution in [0.15, 0.2) is 50.6 Å². The van der Waals surface area contributed by atoms with Crippen LogP contribution in [0.2, 0.25) is 5.02 Å². The summed E-state index contributed by atoms with van der Waals surface area (Å²) >= 11 is 7.39. The summed E-state index contributed by atoms with van der Waals surface area (Å²) in [4.78, 5) is 17.3. The third-order valence-electron chi connectivity index (χ3n) is 3.47. The minimum Gasteiger partial charge on any atom is -0.457 e. The van der Waals surface area contributed by atoms with E-state index in [1.54, 1.807) is 10.6 Å². The van der Waals surface area contributed by atoms with Gasteiger partial charge in [-0.3, -0.25) is 14.4 Å². The molecule has 0 saturated heterocycles. The quantitative estimate of drug-likeness (QED) is 0.724. The molecule has 2 aromatic heterocycles. The summed E-state index contributed by atoms with van der Waals surface area (Å²) in [6.45, 7) is 1.37. The van der Waals surface area contributed by atoms with Crippen LogP contribution in [0.1, 0.15) is 5.76 Å². The molecule has 110 valence electrons. The van der Waals surface area contributed by atoms with E-state index in [9.17, 15) is 4.79 Å². The smallest absolute Gasteiger partial charge is 0.270 e. The predicted octanol–water partition coefficient (Wildman–Crippen LogP) is 2.29. The maximum atomic E-state index is 12.2. The number of rotatable bonds is 2. The van der Waals surface area contributed by atoms with Crippen molar-refractivity contribution >= 4 is 29.0 Å². The lowest BCUT2D eigenvalue weighted by Gasteiger charge is -1.96. The summed E-state index contributed by atoms with van der Waals surface area (Å²) in [6.07, 6.45) is 1.77. The Bertz CT molecular complexity index is 1030. The van der Waals surface area contributed by atoms with Crippen molar-refractivity contribution in [2.75, 3.05) is 6.54 Å². The molecular formula is C16H11ClN2O2S. The highest BCUT2D eigenvalue weighted by Gasteiger charge is 2.10. The van der Waals surface area contributed by atoms with Crippen LogP contribution >= 0.6 is 22.9 Å². The summed E-state index contributed by atoms with van der Waals surface area (Å²) in [5.41, 5.74) is 0.912. The van der Waals surface area contributed by atoms with Crippen LogP contribution in [0.3, 0.4) is 0 Å². The van der Waals surface area contributed by atoms with Crippen molar-refractivity contribution in [3.8, 4) is 11.3 Å². The lowest BCUT2D eigenvalue weighted by molar-refractivity contribution is 0.571. The largest absolute Gasteiger partial charge is 0.457 e. The fourth-order valence-corrected chi connectivity index (χ4v) is 3.62. The molecule has 6 heteroatoms. The maximum absolute atomic E-state index is 12.2. The molecule has 1 aromatic carbocycles. The lowest BCUT2D eigenvalue weighted by atomic mass is 10.2. The molecule has 4 rings (SSSR count). The van der Waals surface area contributed by atoms with E-state index in [-0.39, 0.29) is 5.56 Å². The first-order valence-electron chi connectivity index (χ1n) is 6.82. The third kappa shape index (κ3) is 2.32. The normalized spacial score (nSPS) is 14.1. The van der Waals surface area contributed by atoms with Crippen LogP contribution in [-0.4, -0.2) is 11.1 Å². The minimum atomic E-state index is 0.00181.